The zero-order valence-electron chi connectivity index (χ0n) is 40.8. The minimum atomic E-state index is -1.00. The lowest BCUT2D eigenvalue weighted by Gasteiger charge is -2.48. The van der Waals surface area contributed by atoms with Gasteiger partial charge in [0, 0.05) is 78.7 Å². The molecule has 0 amide bonds. The summed E-state index contributed by atoms with van der Waals surface area (Å²) in [5.74, 6) is 2.39. The SMILES string of the molecule is CNCC1=Cc2c(O)ccc3c2C(Cc2c4c(c5c(c2-3)OC(CO)CC5)OC(c2ccc(O)c(OC)c2)C(CNCNCC(C)(O)CC(C)C)(OCNC2CCCC2)C4)C1c1ccc2[nH]ccc2c1. The molecule has 2 aliphatic heterocycles. The van der Waals surface area contributed by atoms with Crippen molar-refractivity contribution < 1.29 is 39.4 Å². The molecule has 6 unspecified atom stereocenters. The number of fused-ring (bicyclic) bond motifs is 8. The molecule has 4 aromatic carbocycles. The van der Waals surface area contributed by atoms with Gasteiger partial charge in [-0.25, -0.2) is 0 Å². The molecule has 1 saturated carbocycles. The second-order valence-electron chi connectivity index (χ2n) is 21.0. The van der Waals surface area contributed by atoms with E-state index in [9.17, 15) is 20.4 Å². The van der Waals surface area contributed by atoms with Crippen molar-refractivity contribution >= 4 is 17.0 Å². The molecule has 5 aromatic rings. The molecular formula is C56H71N5O8. The molecule has 0 spiro atoms. The van der Waals surface area contributed by atoms with Crippen LogP contribution in [0.4, 0.5) is 0 Å². The number of phenols is 2. The molecule has 6 atom stereocenters. The van der Waals surface area contributed by atoms with E-state index in [0.717, 1.165) is 79.8 Å². The Morgan fingerprint density at radius 3 is 2.52 bits per heavy atom. The van der Waals surface area contributed by atoms with Gasteiger partial charge in [0.15, 0.2) is 17.6 Å². The Bertz CT molecular complexity index is 2710. The summed E-state index contributed by atoms with van der Waals surface area (Å²) in [6.07, 6.45) is 10.7. The molecule has 5 aliphatic rings. The number of benzene rings is 4. The Morgan fingerprint density at radius 1 is 0.928 bits per heavy atom. The summed E-state index contributed by atoms with van der Waals surface area (Å²) in [5, 5.41) is 60.0. The number of nitrogens with one attached hydrogen (secondary N) is 5. The minimum Gasteiger partial charge on any atom is -0.507 e. The smallest absolute Gasteiger partial charge is 0.160 e. The first kappa shape index (κ1) is 47.6. The third-order valence-electron chi connectivity index (χ3n) is 15.5. The van der Waals surface area contributed by atoms with Crippen LogP contribution in [0.3, 0.4) is 0 Å². The summed E-state index contributed by atoms with van der Waals surface area (Å²) < 4.78 is 27.6. The normalized spacial score (nSPS) is 23.6. The number of methoxy groups -OCH3 is 1. The van der Waals surface area contributed by atoms with E-state index in [1.165, 1.54) is 24.0 Å². The zero-order chi connectivity index (χ0) is 48.0. The third kappa shape index (κ3) is 9.12. The molecule has 0 radical (unpaired) electrons. The molecule has 368 valence electrons. The highest BCUT2D eigenvalue weighted by molar-refractivity contribution is 5.90. The molecular weight excluding hydrogens is 871 g/mol. The van der Waals surface area contributed by atoms with Gasteiger partial charge in [-0.1, -0.05) is 44.9 Å². The number of aliphatic hydroxyl groups is 2. The van der Waals surface area contributed by atoms with Crippen LogP contribution in [0.15, 0.2) is 66.4 Å². The molecule has 3 heterocycles. The maximum atomic E-state index is 11.7. The van der Waals surface area contributed by atoms with Gasteiger partial charge in [0.05, 0.1) is 26.0 Å². The van der Waals surface area contributed by atoms with E-state index in [0.29, 0.717) is 82.8 Å². The van der Waals surface area contributed by atoms with Crippen LogP contribution in [-0.2, 0) is 24.0 Å². The quantitative estimate of drug-likeness (QED) is 0.0307. The predicted molar refractivity (Wildman–Crippen MR) is 270 cm³/mol. The predicted octanol–water partition coefficient (Wildman–Crippen LogP) is 7.84. The van der Waals surface area contributed by atoms with E-state index in [1.54, 1.807) is 13.2 Å². The van der Waals surface area contributed by atoms with Gasteiger partial charge in [-0.2, -0.15) is 0 Å². The lowest BCUT2D eigenvalue weighted by molar-refractivity contribution is -0.131. The molecule has 13 nitrogen and oxygen atoms in total. The Labute approximate surface area is 406 Å². The van der Waals surface area contributed by atoms with Crippen molar-refractivity contribution in [2.24, 2.45) is 5.92 Å². The Balaban J connectivity index is 1.15. The summed E-state index contributed by atoms with van der Waals surface area (Å²) in [7, 11) is 3.53. The third-order valence-corrected chi connectivity index (χ3v) is 15.5. The number of rotatable bonds is 18. The van der Waals surface area contributed by atoms with E-state index in [-0.39, 0.29) is 29.9 Å². The molecule has 0 saturated heterocycles. The van der Waals surface area contributed by atoms with Gasteiger partial charge in [-0.05, 0) is 146 Å². The number of aliphatic hydroxyl groups excluding tert-OH is 1. The number of likely N-dealkylation sites (N-methyl/N-ethyl adjacent to an activating group) is 1. The van der Waals surface area contributed by atoms with Crippen LogP contribution >= 0.6 is 0 Å². The van der Waals surface area contributed by atoms with Gasteiger partial charge in [0.1, 0.15) is 29.0 Å². The van der Waals surface area contributed by atoms with Crippen LogP contribution in [0.1, 0.15) is 116 Å². The fourth-order valence-electron chi connectivity index (χ4n) is 12.6. The largest absolute Gasteiger partial charge is 0.507 e. The van der Waals surface area contributed by atoms with Crippen LogP contribution in [-0.4, -0.2) is 103 Å². The number of aromatic hydroxyl groups is 2. The van der Waals surface area contributed by atoms with Crippen LogP contribution in [0.5, 0.6) is 28.7 Å². The lowest BCUT2D eigenvalue weighted by atomic mass is 9.62. The first-order chi connectivity index (χ1) is 33.4. The summed E-state index contributed by atoms with van der Waals surface area (Å²) in [6.45, 7) is 8.17. The van der Waals surface area contributed by atoms with Gasteiger partial charge in [-0.15, -0.1) is 0 Å². The standard InChI is InChI=1S/C56H71N5O8/c1-32(2)24-55(3,65)28-58-30-59-29-56(67-31-61-37-8-6-7-9-37)25-44-41-23-43-49(34-10-15-45-33(20-34)18-19-60-45)36(26-57-4)21-42-46(63)17-14-39(50(42)43)51(41)53-40(13-12-38(27-62)68-53)52(44)69-54(56)35-11-16-47(64)48(22-35)66-5/h10-11,14-22,32,37-38,43,49,54,57-65H,6-9,12-13,23-31H2,1-5H3. The summed E-state index contributed by atoms with van der Waals surface area (Å²) in [5.41, 5.74) is 9.51. The number of hydrogen-bond acceptors (Lipinski definition) is 12. The fourth-order valence-corrected chi connectivity index (χ4v) is 12.6. The van der Waals surface area contributed by atoms with Gasteiger partial charge in [-0.3, -0.25) is 5.32 Å². The summed E-state index contributed by atoms with van der Waals surface area (Å²) in [4.78, 5) is 3.37. The molecule has 9 N–H and O–H groups in total. The molecule has 1 fully saturated rings. The van der Waals surface area contributed by atoms with Gasteiger partial charge in [0.2, 0.25) is 0 Å². The van der Waals surface area contributed by atoms with Gasteiger partial charge in [0.25, 0.3) is 0 Å². The van der Waals surface area contributed by atoms with Gasteiger partial charge >= 0.3 is 0 Å². The molecule has 13 heteroatoms. The molecule has 3 aliphatic carbocycles. The minimum absolute atomic E-state index is 0.0188. The lowest BCUT2D eigenvalue weighted by Crippen LogP contribution is -2.56. The molecule has 69 heavy (non-hydrogen) atoms. The van der Waals surface area contributed by atoms with E-state index < -0.39 is 23.4 Å². The van der Waals surface area contributed by atoms with E-state index in [1.807, 2.05) is 38.4 Å². The van der Waals surface area contributed by atoms with Crippen molar-refractivity contribution in [1.82, 2.24) is 26.3 Å². The van der Waals surface area contributed by atoms with Crippen molar-refractivity contribution in [3.63, 3.8) is 0 Å². The monoisotopic (exact) mass is 942 g/mol. The van der Waals surface area contributed by atoms with Crippen molar-refractivity contribution in [3.8, 4) is 39.9 Å². The Kier molecular flexibility index (Phi) is 13.5. The second kappa shape index (κ2) is 19.6. The Morgan fingerprint density at radius 2 is 1.74 bits per heavy atom. The van der Waals surface area contributed by atoms with Crippen LogP contribution < -0.4 is 35.5 Å². The highest BCUT2D eigenvalue weighted by Gasteiger charge is 2.51. The van der Waals surface area contributed by atoms with Crippen LogP contribution in [0.25, 0.3) is 28.1 Å². The average Bonchev–Trinajstić information content (AvgIpc) is 4.04. The zero-order valence-corrected chi connectivity index (χ0v) is 40.8. The number of ether oxygens (including phenoxy) is 4. The van der Waals surface area contributed by atoms with Crippen LogP contribution in [0.2, 0.25) is 0 Å². The van der Waals surface area contributed by atoms with E-state index in [2.05, 4.69) is 76.5 Å². The summed E-state index contributed by atoms with van der Waals surface area (Å²) >= 11 is 0. The number of H-pyrrole nitrogens is 1. The second-order valence-corrected chi connectivity index (χ2v) is 21.0. The fraction of sp³-hybridized carbons (Fsp3) is 0.500. The van der Waals surface area contributed by atoms with E-state index in [4.69, 9.17) is 18.9 Å². The topological polar surface area (TPSA) is 182 Å². The van der Waals surface area contributed by atoms with Crippen LogP contribution in [0, 0.1) is 5.92 Å². The van der Waals surface area contributed by atoms with Gasteiger partial charge < -0.3 is 60.3 Å². The first-order valence-electron chi connectivity index (χ1n) is 25.2. The highest BCUT2D eigenvalue weighted by Crippen LogP contribution is 2.61. The van der Waals surface area contributed by atoms with E-state index >= 15 is 0 Å². The molecule has 0 bridgehead atoms. The number of aromatic nitrogens is 1. The Hall–Kier alpha value is -5.12. The number of aromatic amines is 1. The van der Waals surface area contributed by atoms with Crippen molar-refractivity contribution in [2.75, 3.05) is 53.8 Å². The average molecular weight is 942 g/mol. The first-order valence-corrected chi connectivity index (χ1v) is 25.2. The number of hydrogen-bond donors (Lipinski definition) is 9. The highest BCUT2D eigenvalue weighted by atomic mass is 16.6. The molecule has 1 aromatic heterocycles. The summed E-state index contributed by atoms with van der Waals surface area (Å²) in [6, 6.07) is 18.5. The van der Waals surface area contributed by atoms with Crippen molar-refractivity contribution in [1.29, 1.82) is 0 Å². The maximum Gasteiger partial charge on any atom is 0.160 e. The molecule has 10 rings (SSSR count). The van der Waals surface area contributed by atoms with Crippen molar-refractivity contribution in [3.05, 3.63) is 105 Å². The maximum absolute atomic E-state index is 11.7. The van der Waals surface area contributed by atoms with Crippen molar-refractivity contribution in [2.45, 2.75) is 120 Å². The number of phenolic OH excluding ortho intramolecular Hbond substituents is 2.